The van der Waals surface area contributed by atoms with E-state index in [2.05, 4.69) is 37.2 Å². The number of carbonyl (C=O) groups is 1. The Hall–Kier alpha value is -0.730. The Balaban J connectivity index is 4.38. The Morgan fingerprint density at radius 3 is 2.08 bits per heavy atom. The standard InChI is InChI=1S/C18H36N3O3P/c1-15(2)18(22)20(8)12-9-10-13-23-25(24-14-11-19-7)21(16(3)4)17(5)6/h15-17H,9-14H2,1-6,8H3. The van der Waals surface area contributed by atoms with Crippen molar-refractivity contribution in [2.24, 2.45) is 5.92 Å². The van der Waals surface area contributed by atoms with Crippen LogP contribution in [0.4, 0.5) is 0 Å². The molecule has 1 amide bonds. The molecule has 7 heteroatoms. The smallest absolute Gasteiger partial charge is 0.259 e. The van der Waals surface area contributed by atoms with E-state index in [1.165, 1.54) is 0 Å². The number of hydrogen-bond acceptors (Lipinski definition) is 4. The first kappa shape index (κ1) is 24.3. The molecular weight excluding hydrogens is 337 g/mol. The maximum absolute atomic E-state index is 11.8. The molecular formula is C18H36N3O3P. The van der Waals surface area contributed by atoms with Crippen LogP contribution in [0.5, 0.6) is 0 Å². The minimum Gasteiger partial charge on any atom is -0.346 e. The summed E-state index contributed by atoms with van der Waals surface area (Å²) in [4.78, 5) is 17.0. The van der Waals surface area contributed by atoms with E-state index in [4.69, 9.17) is 15.6 Å². The van der Waals surface area contributed by atoms with Gasteiger partial charge in [0.05, 0.1) is 6.61 Å². The average Bonchev–Trinajstić information content (AvgIpc) is 2.52. The highest BCUT2D eigenvalue weighted by molar-refractivity contribution is 7.44. The first-order valence-corrected chi connectivity index (χ1v) is 10.3. The molecule has 0 aromatic rings. The van der Waals surface area contributed by atoms with Crippen LogP contribution in [0.25, 0.3) is 4.85 Å². The third kappa shape index (κ3) is 10.1. The Labute approximate surface area is 155 Å². The molecule has 0 aromatic carbocycles. The first-order chi connectivity index (χ1) is 11.7. The lowest BCUT2D eigenvalue weighted by molar-refractivity contribution is -0.133. The summed E-state index contributed by atoms with van der Waals surface area (Å²) in [6.07, 6.45) is 1.79. The van der Waals surface area contributed by atoms with E-state index in [9.17, 15) is 4.79 Å². The van der Waals surface area contributed by atoms with Gasteiger partial charge in [0.2, 0.25) is 12.5 Å². The highest BCUT2D eigenvalue weighted by atomic mass is 31.2. The van der Waals surface area contributed by atoms with Gasteiger partial charge in [-0.1, -0.05) is 13.8 Å². The van der Waals surface area contributed by atoms with Crippen LogP contribution in [0.3, 0.4) is 0 Å². The van der Waals surface area contributed by atoms with Crippen LogP contribution < -0.4 is 0 Å². The molecule has 0 saturated heterocycles. The summed E-state index contributed by atoms with van der Waals surface area (Å²) in [5, 5.41) is 0. The zero-order chi connectivity index (χ0) is 19.4. The molecule has 0 N–H and O–H groups in total. The van der Waals surface area contributed by atoms with Crippen LogP contribution in [0.15, 0.2) is 0 Å². The molecule has 1 unspecified atom stereocenters. The van der Waals surface area contributed by atoms with Crippen molar-refractivity contribution in [3.63, 3.8) is 0 Å². The van der Waals surface area contributed by atoms with Crippen molar-refractivity contribution in [1.29, 1.82) is 0 Å². The van der Waals surface area contributed by atoms with Gasteiger partial charge in [-0.25, -0.2) is 11.2 Å². The second-order valence-electron chi connectivity index (χ2n) is 6.98. The molecule has 146 valence electrons. The van der Waals surface area contributed by atoms with Crippen LogP contribution in [0.1, 0.15) is 54.4 Å². The van der Waals surface area contributed by atoms with E-state index in [-0.39, 0.29) is 11.8 Å². The van der Waals surface area contributed by atoms with E-state index in [1.807, 2.05) is 20.9 Å². The Morgan fingerprint density at radius 2 is 1.60 bits per heavy atom. The lowest BCUT2D eigenvalue weighted by atomic mass is 10.2. The molecule has 0 bridgehead atoms. The maximum Gasteiger partial charge on any atom is 0.259 e. The van der Waals surface area contributed by atoms with Gasteiger partial charge in [0.25, 0.3) is 8.53 Å². The molecule has 0 radical (unpaired) electrons. The number of nitrogens with zero attached hydrogens (tertiary/aromatic N) is 3. The second-order valence-corrected chi connectivity index (χ2v) is 8.43. The monoisotopic (exact) mass is 373 g/mol. The van der Waals surface area contributed by atoms with Gasteiger partial charge in [0.15, 0.2) is 0 Å². The van der Waals surface area contributed by atoms with Crippen LogP contribution in [0, 0.1) is 12.5 Å². The third-order valence-corrected chi connectivity index (χ3v) is 5.72. The lowest BCUT2D eigenvalue weighted by Gasteiger charge is -2.35. The number of unbranched alkanes of at least 4 members (excludes halogenated alkanes) is 1. The van der Waals surface area contributed by atoms with E-state index in [0.29, 0.717) is 31.8 Å². The molecule has 0 aliphatic heterocycles. The molecule has 0 aliphatic rings. The first-order valence-electron chi connectivity index (χ1n) is 9.14. The summed E-state index contributed by atoms with van der Waals surface area (Å²) < 4.78 is 14.1. The zero-order valence-electron chi connectivity index (χ0n) is 17.0. The molecule has 25 heavy (non-hydrogen) atoms. The summed E-state index contributed by atoms with van der Waals surface area (Å²) >= 11 is 0. The highest BCUT2D eigenvalue weighted by Gasteiger charge is 2.27. The Bertz CT molecular complexity index is 403. The van der Waals surface area contributed by atoms with Gasteiger partial charge in [0.1, 0.15) is 6.61 Å². The summed E-state index contributed by atoms with van der Waals surface area (Å²) in [6.45, 7) is 21.3. The van der Waals surface area contributed by atoms with Gasteiger partial charge in [-0.3, -0.25) is 4.79 Å². The molecule has 0 spiro atoms. The van der Waals surface area contributed by atoms with Gasteiger partial charge in [-0.2, -0.15) is 0 Å². The number of carbonyl (C=O) groups excluding carboxylic acids is 1. The fraction of sp³-hybridized carbons (Fsp3) is 0.889. The molecule has 0 aliphatic carbocycles. The summed E-state index contributed by atoms with van der Waals surface area (Å²) in [7, 11) is 0.690. The largest absolute Gasteiger partial charge is 0.346 e. The fourth-order valence-corrected chi connectivity index (χ4v) is 4.07. The minimum atomic E-state index is -1.16. The van der Waals surface area contributed by atoms with Crippen LogP contribution in [-0.2, 0) is 13.8 Å². The molecule has 6 nitrogen and oxygen atoms in total. The van der Waals surface area contributed by atoms with Crippen LogP contribution in [0.2, 0.25) is 0 Å². The quantitative estimate of drug-likeness (QED) is 0.276. The van der Waals surface area contributed by atoms with Gasteiger partial charge in [0, 0.05) is 31.6 Å². The van der Waals surface area contributed by atoms with E-state index in [0.717, 1.165) is 19.4 Å². The molecule has 0 aromatic heterocycles. The van der Waals surface area contributed by atoms with E-state index in [1.54, 1.807) is 4.90 Å². The average molecular weight is 373 g/mol. The van der Waals surface area contributed by atoms with Gasteiger partial charge in [-0.05, 0) is 40.5 Å². The number of rotatable bonds is 13. The lowest BCUT2D eigenvalue weighted by Crippen LogP contribution is -2.34. The third-order valence-electron chi connectivity index (χ3n) is 3.61. The zero-order valence-corrected chi connectivity index (χ0v) is 17.9. The van der Waals surface area contributed by atoms with Crippen molar-refractivity contribution < 1.29 is 13.8 Å². The van der Waals surface area contributed by atoms with Crippen molar-refractivity contribution in [2.45, 2.75) is 66.5 Å². The van der Waals surface area contributed by atoms with Crippen molar-refractivity contribution in [3.8, 4) is 0 Å². The molecule has 1 atom stereocenters. The van der Waals surface area contributed by atoms with Crippen LogP contribution >= 0.6 is 8.53 Å². The Morgan fingerprint density at radius 1 is 1.04 bits per heavy atom. The number of amides is 1. The van der Waals surface area contributed by atoms with Gasteiger partial charge < -0.3 is 18.8 Å². The maximum atomic E-state index is 11.8. The second kappa shape index (κ2) is 13.5. The predicted octanol–water partition coefficient (Wildman–Crippen LogP) is 4.18. The van der Waals surface area contributed by atoms with Crippen molar-refractivity contribution >= 4 is 14.4 Å². The summed E-state index contributed by atoms with van der Waals surface area (Å²) in [5.74, 6) is 0.215. The molecule has 0 saturated carbocycles. The van der Waals surface area contributed by atoms with E-state index >= 15 is 0 Å². The molecule has 0 heterocycles. The number of hydrogen-bond donors (Lipinski definition) is 0. The summed E-state index contributed by atoms with van der Waals surface area (Å²) in [5.41, 5.74) is 0. The Kier molecular flexibility index (Phi) is 13.1. The van der Waals surface area contributed by atoms with Crippen molar-refractivity contribution in [2.75, 3.05) is 33.4 Å². The minimum absolute atomic E-state index is 0.0376. The van der Waals surface area contributed by atoms with E-state index < -0.39 is 8.53 Å². The molecule has 0 rings (SSSR count). The van der Waals surface area contributed by atoms with Gasteiger partial charge in [-0.15, -0.1) is 0 Å². The van der Waals surface area contributed by atoms with Crippen molar-refractivity contribution in [3.05, 3.63) is 11.4 Å². The fourth-order valence-electron chi connectivity index (χ4n) is 2.45. The topological polar surface area (TPSA) is 46.4 Å². The highest BCUT2D eigenvalue weighted by Crippen LogP contribution is 2.45. The predicted molar refractivity (Wildman–Crippen MR) is 104 cm³/mol. The SMILES string of the molecule is [C-]#[N+]CCOP(OCCCCN(C)C(=O)C(C)C)N(C(C)C)C(C)C. The normalized spacial score (nSPS) is 12.9. The summed E-state index contributed by atoms with van der Waals surface area (Å²) in [6, 6.07) is 0.627. The van der Waals surface area contributed by atoms with Gasteiger partial charge >= 0.3 is 0 Å². The molecule has 0 fully saturated rings. The van der Waals surface area contributed by atoms with Crippen molar-refractivity contribution in [1.82, 2.24) is 9.57 Å². The van der Waals surface area contributed by atoms with Crippen LogP contribution in [-0.4, -0.2) is 60.9 Å².